The molecule has 0 aromatic carbocycles. The molecule has 0 aliphatic heterocycles. The van der Waals surface area contributed by atoms with Crippen LogP contribution < -0.4 is 0 Å². The molecule has 0 atom stereocenters. The Labute approximate surface area is 84.2 Å². The van der Waals surface area contributed by atoms with E-state index in [9.17, 15) is 9.59 Å². The third kappa shape index (κ3) is 3.94. The Bertz CT molecular complexity index is 273. The molecule has 0 aromatic heterocycles. The topological polar surface area (TPSA) is 46.6 Å². The van der Waals surface area contributed by atoms with Crippen molar-refractivity contribution < 1.29 is 14.3 Å². The van der Waals surface area contributed by atoms with Crippen molar-refractivity contribution in [1.82, 2.24) is 4.90 Å². The molecule has 0 heterocycles. The summed E-state index contributed by atoms with van der Waals surface area (Å²) in [5.41, 5.74) is 0. The second-order valence-corrected chi connectivity index (χ2v) is 2.98. The van der Waals surface area contributed by atoms with Crippen molar-refractivity contribution in [3.63, 3.8) is 0 Å². The number of esters is 1. The number of hydrogen-bond acceptors (Lipinski definition) is 3. The van der Waals surface area contributed by atoms with Crippen molar-refractivity contribution in [2.45, 2.75) is 26.8 Å². The van der Waals surface area contributed by atoms with E-state index in [4.69, 9.17) is 0 Å². The Kier molecular flexibility index (Phi) is 5.38. The predicted molar refractivity (Wildman–Crippen MR) is 52.3 cm³/mol. The highest BCUT2D eigenvalue weighted by molar-refractivity contribution is 5.95. The van der Waals surface area contributed by atoms with Gasteiger partial charge in [0.25, 0.3) is 5.91 Å². The highest BCUT2D eigenvalue weighted by atomic mass is 16.5. The fraction of sp³-hybridized carbons (Fsp3) is 0.600. The first kappa shape index (κ1) is 12.5. The lowest BCUT2D eigenvalue weighted by Crippen LogP contribution is -2.40. The van der Waals surface area contributed by atoms with E-state index in [1.54, 1.807) is 6.92 Å². The van der Waals surface area contributed by atoms with Gasteiger partial charge < -0.3 is 9.64 Å². The van der Waals surface area contributed by atoms with Gasteiger partial charge in [0.15, 0.2) is 0 Å². The predicted octanol–water partition coefficient (Wildman–Crippen LogP) is 0.420. The summed E-state index contributed by atoms with van der Waals surface area (Å²) in [6.07, 6.45) is 0. The monoisotopic (exact) mass is 197 g/mol. The minimum atomic E-state index is -0.440. The zero-order valence-electron chi connectivity index (χ0n) is 8.96. The summed E-state index contributed by atoms with van der Waals surface area (Å²) >= 11 is 0. The van der Waals surface area contributed by atoms with Crippen LogP contribution in [0.25, 0.3) is 0 Å². The van der Waals surface area contributed by atoms with Crippen LogP contribution in [0.4, 0.5) is 0 Å². The van der Waals surface area contributed by atoms with Crippen molar-refractivity contribution in [3.8, 4) is 11.8 Å². The number of amides is 1. The van der Waals surface area contributed by atoms with Crippen LogP contribution in [0.3, 0.4) is 0 Å². The van der Waals surface area contributed by atoms with Crippen LogP contribution in [0.5, 0.6) is 0 Å². The van der Waals surface area contributed by atoms with Gasteiger partial charge in [0, 0.05) is 6.04 Å². The summed E-state index contributed by atoms with van der Waals surface area (Å²) in [5, 5.41) is 0. The molecule has 0 N–H and O–H groups in total. The third-order valence-electron chi connectivity index (χ3n) is 1.64. The van der Waals surface area contributed by atoms with Crippen LogP contribution in [0.1, 0.15) is 20.8 Å². The average Bonchev–Trinajstić information content (AvgIpc) is 2.13. The van der Waals surface area contributed by atoms with Crippen LogP contribution in [0.2, 0.25) is 0 Å². The number of hydrogen-bond donors (Lipinski definition) is 0. The zero-order chi connectivity index (χ0) is 11.1. The minimum Gasteiger partial charge on any atom is -0.468 e. The average molecular weight is 197 g/mol. The molecule has 1 amide bonds. The molecule has 0 radical (unpaired) electrons. The fourth-order valence-electron chi connectivity index (χ4n) is 0.871. The smallest absolute Gasteiger partial charge is 0.325 e. The molecule has 0 saturated heterocycles. The van der Waals surface area contributed by atoms with E-state index in [1.165, 1.54) is 12.0 Å². The maximum Gasteiger partial charge on any atom is 0.325 e. The SMILES string of the molecule is CC#CC(=O)N(CC(=O)OC)C(C)C. The highest BCUT2D eigenvalue weighted by Gasteiger charge is 2.18. The number of ether oxygens (including phenoxy) is 1. The van der Waals surface area contributed by atoms with Crippen molar-refractivity contribution in [2.24, 2.45) is 0 Å². The zero-order valence-corrected chi connectivity index (χ0v) is 8.96. The molecule has 4 heteroatoms. The summed E-state index contributed by atoms with van der Waals surface area (Å²) < 4.78 is 4.48. The van der Waals surface area contributed by atoms with E-state index in [1.807, 2.05) is 13.8 Å². The van der Waals surface area contributed by atoms with Crippen LogP contribution in [-0.2, 0) is 14.3 Å². The Morgan fingerprint density at radius 3 is 2.36 bits per heavy atom. The highest BCUT2D eigenvalue weighted by Crippen LogP contribution is 1.98. The molecule has 0 aromatic rings. The Balaban J connectivity index is 4.50. The first-order valence-electron chi connectivity index (χ1n) is 4.33. The second-order valence-electron chi connectivity index (χ2n) is 2.98. The summed E-state index contributed by atoms with van der Waals surface area (Å²) in [4.78, 5) is 23.7. The summed E-state index contributed by atoms with van der Waals surface area (Å²) in [6.45, 7) is 5.16. The summed E-state index contributed by atoms with van der Waals surface area (Å²) in [6, 6.07) is -0.0672. The number of methoxy groups -OCH3 is 1. The molecule has 0 fully saturated rings. The van der Waals surface area contributed by atoms with Crippen LogP contribution in [-0.4, -0.2) is 36.5 Å². The molecule has 4 nitrogen and oxygen atoms in total. The number of carbonyl (C=O) groups excluding carboxylic acids is 2. The minimum absolute atomic E-state index is 0.0539. The Hall–Kier alpha value is -1.50. The number of nitrogens with zero attached hydrogens (tertiary/aromatic N) is 1. The first-order valence-corrected chi connectivity index (χ1v) is 4.33. The van der Waals surface area contributed by atoms with Crippen molar-refractivity contribution in [1.29, 1.82) is 0 Å². The lowest BCUT2D eigenvalue weighted by Gasteiger charge is -2.22. The van der Waals surface area contributed by atoms with Gasteiger partial charge in [-0.1, -0.05) is 5.92 Å². The molecular formula is C10H15NO3. The maximum atomic E-state index is 11.4. The van der Waals surface area contributed by atoms with E-state index < -0.39 is 5.97 Å². The third-order valence-corrected chi connectivity index (χ3v) is 1.64. The van der Waals surface area contributed by atoms with Gasteiger partial charge in [-0.3, -0.25) is 9.59 Å². The van der Waals surface area contributed by atoms with Crippen LogP contribution in [0.15, 0.2) is 0 Å². The standard InChI is InChI=1S/C10H15NO3/c1-5-6-9(12)11(8(2)3)7-10(13)14-4/h8H,7H2,1-4H3. The quantitative estimate of drug-likeness (QED) is 0.486. The van der Waals surface area contributed by atoms with E-state index in [0.29, 0.717) is 0 Å². The van der Waals surface area contributed by atoms with E-state index in [2.05, 4.69) is 16.6 Å². The molecule has 0 spiro atoms. The van der Waals surface area contributed by atoms with Crippen molar-refractivity contribution >= 4 is 11.9 Å². The molecule has 0 aliphatic carbocycles. The summed E-state index contributed by atoms with van der Waals surface area (Å²) in [7, 11) is 1.29. The van der Waals surface area contributed by atoms with Crippen molar-refractivity contribution in [2.75, 3.05) is 13.7 Å². The molecule has 0 rings (SSSR count). The molecule has 0 unspecified atom stereocenters. The molecule has 0 saturated carbocycles. The van der Waals surface area contributed by atoms with E-state index >= 15 is 0 Å². The van der Waals surface area contributed by atoms with Gasteiger partial charge in [0.2, 0.25) is 0 Å². The lowest BCUT2D eigenvalue weighted by atomic mass is 10.3. The Morgan fingerprint density at radius 2 is 2.00 bits per heavy atom. The normalized spacial score (nSPS) is 8.93. The molecule has 78 valence electrons. The van der Waals surface area contributed by atoms with Crippen LogP contribution >= 0.6 is 0 Å². The largest absolute Gasteiger partial charge is 0.468 e. The van der Waals surface area contributed by atoms with Gasteiger partial charge in [-0.05, 0) is 26.7 Å². The molecule has 0 bridgehead atoms. The maximum absolute atomic E-state index is 11.4. The van der Waals surface area contributed by atoms with Gasteiger partial charge in [0.05, 0.1) is 7.11 Å². The summed E-state index contributed by atoms with van der Waals surface area (Å²) in [5.74, 6) is 4.09. The van der Waals surface area contributed by atoms with Gasteiger partial charge >= 0.3 is 5.97 Å². The Morgan fingerprint density at radius 1 is 1.43 bits per heavy atom. The van der Waals surface area contributed by atoms with E-state index in [-0.39, 0.29) is 18.5 Å². The van der Waals surface area contributed by atoms with Gasteiger partial charge in [-0.15, -0.1) is 0 Å². The number of rotatable bonds is 3. The molecular weight excluding hydrogens is 182 g/mol. The second kappa shape index (κ2) is 6.03. The van der Waals surface area contributed by atoms with Gasteiger partial charge in [-0.2, -0.15) is 0 Å². The molecule has 0 aliphatic rings. The van der Waals surface area contributed by atoms with Gasteiger partial charge in [0.1, 0.15) is 6.54 Å². The van der Waals surface area contributed by atoms with Crippen LogP contribution in [0, 0.1) is 11.8 Å². The fourth-order valence-corrected chi connectivity index (χ4v) is 0.871. The lowest BCUT2D eigenvalue weighted by molar-refractivity contribution is -0.146. The van der Waals surface area contributed by atoms with Crippen molar-refractivity contribution in [3.05, 3.63) is 0 Å². The van der Waals surface area contributed by atoms with E-state index in [0.717, 1.165) is 0 Å². The molecule has 14 heavy (non-hydrogen) atoms. The number of carbonyl (C=O) groups is 2. The first-order chi connectivity index (χ1) is 6.52. The van der Waals surface area contributed by atoms with Gasteiger partial charge in [-0.25, -0.2) is 0 Å².